The van der Waals surface area contributed by atoms with E-state index in [1.165, 1.54) is 24.3 Å². The van der Waals surface area contributed by atoms with Gasteiger partial charge < -0.3 is 27.0 Å². The number of nitrogens with two attached hydrogens (primary N) is 2. The first-order valence-electron chi connectivity index (χ1n) is 13.9. The van der Waals surface area contributed by atoms with E-state index in [1.807, 2.05) is 49.4 Å². The fraction of sp³-hybridized carbons (Fsp3) is 0.355. The number of carbonyl (C=O) groups excluding carboxylic acids is 3. The number of hydrogen-bond donors (Lipinski definition) is 4. The Morgan fingerprint density at radius 3 is 2.37 bits per heavy atom. The van der Waals surface area contributed by atoms with Crippen molar-refractivity contribution in [1.29, 1.82) is 0 Å². The second kappa shape index (κ2) is 13.7. The number of fused-ring (bicyclic) bond motifs is 1. The molecule has 3 amide bonds. The molecule has 0 unspecified atom stereocenters. The van der Waals surface area contributed by atoms with Gasteiger partial charge in [0.2, 0.25) is 11.8 Å². The minimum Gasteiger partial charge on any atom is -0.370 e. The normalized spacial score (nSPS) is 15.1. The Balaban J connectivity index is 1.38. The van der Waals surface area contributed by atoms with E-state index in [4.69, 9.17) is 11.5 Å². The van der Waals surface area contributed by atoms with Crippen LogP contribution in [0.3, 0.4) is 0 Å². The molecule has 0 bridgehead atoms. The fourth-order valence-electron chi connectivity index (χ4n) is 5.20. The number of piperidine rings is 1. The second-order valence-corrected chi connectivity index (χ2v) is 10.4. The maximum absolute atomic E-state index is 13.4. The minimum absolute atomic E-state index is 0.0263. The highest BCUT2D eigenvalue weighted by Crippen LogP contribution is 2.25. The molecular formula is C31H37FN6O3. The van der Waals surface area contributed by atoms with Gasteiger partial charge in [-0.1, -0.05) is 42.5 Å². The molecule has 9 nitrogen and oxygen atoms in total. The van der Waals surface area contributed by atoms with Crippen molar-refractivity contribution in [2.24, 2.45) is 22.4 Å². The number of hydrogen-bond acceptors (Lipinski definition) is 4. The van der Waals surface area contributed by atoms with Gasteiger partial charge in [0.1, 0.15) is 11.9 Å². The lowest BCUT2D eigenvalue weighted by molar-refractivity contribution is -0.132. The SMILES string of the molecule is C[C@@H](NC(=O)[C@H](CCCN=C(N)N)NC(=O)C1CCN(C(=O)c2ccc(F)cc2)CC1)c1cccc2ccccc12. The van der Waals surface area contributed by atoms with Crippen molar-refractivity contribution in [3.05, 3.63) is 83.7 Å². The highest BCUT2D eigenvalue weighted by atomic mass is 19.1. The molecule has 0 aliphatic carbocycles. The summed E-state index contributed by atoms with van der Waals surface area (Å²) in [6.07, 6.45) is 1.79. The molecule has 0 spiro atoms. The summed E-state index contributed by atoms with van der Waals surface area (Å²) in [6, 6.07) is 18.3. The van der Waals surface area contributed by atoms with Gasteiger partial charge in [0.15, 0.2) is 5.96 Å². The molecule has 1 aliphatic rings. The molecule has 3 aromatic rings. The predicted octanol–water partition coefficient (Wildman–Crippen LogP) is 3.25. The highest BCUT2D eigenvalue weighted by molar-refractivity contribution is 5.94. The molecule has 1 aliphatic heterocycles. The molecule has 10 heteroatoms. The zero-order chi connectivity index (χ0) is 29.4. The van der Waals surface area contributed by atoms with Crippen LogP contribution in [0.25, 0.3) is 10.8 Å². The number of nitrogens with zero attached hydrogens (tertiary/aromatic N) is 2. The molecule has 4 rings (SSSR count). The number of rotatable bonds is 10. The van der Waals surface area contributed by atoms with Crippen molar-refractivity contribution in [3.63, 3.8) is 0 Å². The van der Waals surface area contributed by atoms with Crippen molar-refractivity contribution in [1.82, 2.24) is 15.5 Å². The van der Waals surface area contributed by atoms with Crippen LogP contribution in [-0.4, -0.2) is 54.3 Å². The summed E-state index contributed by atoms with van der Waals surface area (Å²) >= 11 is 0. The lowest BCUT2D eigenvalue weighted by Crippen LogP contribution is -2.50. The van der Waals surface area contributed by atoms with E-state index in [1.54, 1.807) is 4.90 Å². The summed E-state index contributed by atoms with van der Waals surface area (Å²) in [5, 5.41) is 8.15. The smallest absolute Gasteiger partial charge is 0.253 e. The third-order valence-corrected chi connectivity index (χ3v) is 7.47. The van der Waals surface area contributed by atoms with Crippen LogP contribution in [0.2, 0.25) is 0 Å². The van der Waals surface area contributed by atoms with Gasteiger partial charge in [-0.3, -0.25) is 19.4 Å². The molecule has 1 heterocycles. The van der Waals surface area contributed by atoms with Crippen LogP contribution in [0, 0.1) is 11.7 Å². The number of likely N-dealkylation sites (tertiary alicyclic amines) is 1. The molecule has 3 aromatic carbocycles. The Morgan fingerprint density at radius 2 is 1.66 bits per heavy atom. The lowest BCUT2D eigenvalue weighted by atomic mass is 9.94. The number of benzene rings is 3. The van der Waals surface area contributed by atoms with Crippen molar-refractivity contribution in [2.75, 3.05) is 19.6 Å². The van der Waals surface area contributed by atoms with E-state index in [0.717, 1.165) is 16.3 Å². The van der Waals surface area contributed by atoms with Gasteiger partial charge in [0.25, 0.3) is 5.91 Å². The molecule has 0 radical (unpaired) electrons. The van der Waals surface area contributed by atoms with Gasteiger partial charge in [-0.25, -0.2) is 4.39 Å². The number of guanidine groups is 1. The predicted molar refractivity (Wildman–Crippen MR) is 157 cm³/mol. The number of amides is 3. The molecule has 1 saturated heterocycles. The van der Waals surface area contributed by atoms with Gasteiger partial charge in [0, 0.05) is 31.1 Å². The van der Waals surface area contributed by atoms with Crippen LogP contribution in [0.5, 0.6) is 0 Å². The monoisotopic (exact) mass is 560 g/mol. The summed E-state index contributed by atoms with van der Waals surface area (Å²) in [6.45, 7) is 3.05. The highest BCUT2D eigenvalue weighted by Gasteiger charge is 2.31. The van der Waals surface area contributed by atoms with Gasteiger partial charge in [-0.05, 0) is 73.2 Å². The maximum atomic E-state index is 13.4. The summed E-state index contributed by atoms with van der Waals surface area (Å²) in [7, 11) is 0. The first-order chi connectivity index (χ1) is 19.7. The fourth-order valence-corrected chi connectivity index (χ4v) is 5.20. The quantitative estimate of drug-likeness (QED) is 0.171. The standard InChI is InChI=1S/C31H37FN6O3/c1-20(25-9-4-7-21-6-2-3-8-26(21)25)36-29(40)27(10-5-17-35-31(33)34)37-28(39)22-15-18-38(19-16-22)30(41)23-11-13-24(32)14-12-23/h2-4,6-9,11-14,20,22,27H,5,10,15-19H2,1H3,(H,36,40)(H,37,39)(H4,33,34,35)/t20-,27+/m1/s1. The van der Waals surface area contributed by atoms with E-state index in [0.29, 0.717) is 50.9 Å². The third kappa shape index (κ3) is 7.81. The van der Waals surface area contributed by atoms with Crippen LogP contribution < -0.4 is 22.1 Å². The van der Waals surface area contributed by atoms with Gasteiger partial charge in [0.05, 0.1) is 6.04 Å². The molecule has 6 N–H and O–H groups in total. The Kier molecular flexibility index (Phi) is 9.89. The Hall–Kier alpha value is -4.47. The third-order valence-electron chi connectivity index (χ3n) is 7.47. The van der Waals surface area contributed by atoms with Crippen LogP contribution >= 0.6 is 0 Å². The maximum Gasteiger partial charge on any atom is 0.253 e. The van der Waals surface area contributed by atoms with E-state index >= 15 is 0 Å². The molecule has 216 valence electrons. The average molecular weight is 561 g/mol. The topological polar surface area (TPSA) is 143 Å². The Morgan fingerprint density at radius 1 is 0.976 bits per heavy atom. The zero-order valence-corrected chi connectivity index (χ0v) is 23.2. The van der Waals surface area contributed by atoms with Gasteiger partial charge >= 0.3 is 0 Å². The number of nitrogens with one attached hydrogen (secondary N) is 2. The Bertz CT molecular complexity index is 1390. The van der Waals surface area contributed by atoms with E-state index in [9.17, 15) is 18.8 Å². The Labute approximate surface area is 239 Å². The van der Waals surface area contributed by atoms with Crippen molar-refractivity contribution in [2.45, 2.75) is 44.7 Å². The average Bonchev–Trinajstić information content (AvgIpc) is 2.98. The molecule has 1 fully saturated rings. The van der Waals surface area contributed by atoms with Crippen LogP contribution in [0.4, 0.5) is 4.39 Å². The van der Waals surface area contributed by atoms with Crippen LogP contribution in [0.15, 0.2) is 71.7 Å². The van der Waals surface area contributed by atoms with E-state index < -0.39 is 11.9 Å². The first kappa shape index (κ1) is 29.5. The first-order valence-corrected chi connectivity index (χ1v) is 13.9. The van der Waals surface area contributed by atoms with Crippen molar-refractivity contribution >= 4 is 34.5 Å². The summed E-state index contributed by atoms with van der Waals surface area (Å²) in [5.74, 6) is -1.47. The molecule has 41 heavy (non-hydrogen) atoms. The molecular weight excluding hydrogens is 523 g/mol. The van der Waals surface area contributed by atoms with Gasteiger partial charge in [-0.2, -0.15) is 0 Å². The number of halogens is 1. The van der Waals surface area contributed by atoms with E-state index in [2.05, 4.69) is 15.6 Å². The molecule has 0 aromatic heterocycles. The lowest BCUT2D eigenvalue weighted by Gasteiger charge is -2.32. The van der Waals surface area contributed by atoms with Crippen LogP contribution in [0.1, 0.15) is 54.6 Å². The summed E-state index contributed by atoms with van der Waals surface area (Å²) in [4.78, 5) is 45.1. The molecule has 2 atom stereocenters. The second-order valence-electron chi connectivity index (χ2n) is 10.4. The van der Waals surface area contributed by atoms with Gasteiger partial charge in [-0.15, -0.1) is 0 Å². The van der Waals surface area contributed by atoms with E-state index in [-0.39, 0.29) is 35.6 Å². The van der Waals surface area contributed by atoms with Crippen molar-refractivity contribution in [3.8, 4) is 0 Å². The number of aliphatic imine (C=N–C) groups is 1. The number of carbonyl (C=O) groups is 3. The van der Waals surface area contributed by atoms with Crippen molar-refractivity contribution < 1.29 is 18.8 Å². The minimum atomic E-state index is -0.770. The summed E-state index contributed by atoms with van der Waals surface area (Å²) in [5.41, 5.74) is 12.3. The van der Waals surface area contributed by atoms with Crippen LogP contribution in [-0.2, 0) is 9.59 Å². The zero-order valence-electron chi connectivity index (χ0n) is 23.2. The molecule has 0 saturated carbocycles. The summed E-state index contributed by atoms with van der Waals surface area (Å²) < 4.78 is 13.2. The largest absolute Gasteiger partial charge is 0.370 e.